The van der Waals surface area contributed by atoms with Crippen LogP contribution in [-0.4, -0.2) is 57.0 Å². The van der Waals surface area contributed by atoms with Crippen molar-refractivity contribution in [1.29, 1.82) is 0 Å². The van der Waals surface area contributed by atoms with E-state index in [2.05, 4.69) is 10.6 Å². The second-order valence-electron chi connectivity index (χ2n) is 10.3. The second kappa shape index (κ2) is 8.17. The van der Waals surface area contributed by atoms with Crippen LogP contribution in [0.2, 0.25) is 0 Å². The predicted molar refractivity (Wildman–Crippen MR) is 110 cm³/mol. The molecule has 4 saturated carbocycles. The molecule has 0 aromatic heterocycles. The van der Waals surface area contributed by atoms with Crippen LogP contribution >= 0.6 is 0 Å². The summed E-state index contributed by atoms with van der Waals surface area (Å²) in [4.78, 5) is 24.7. The van der Waals surface area contributed by atoms with Crippen LogP contribution in [0.15, 0.2) is 0 Å². The van der Waals surface area contributed by atoms with Gasteiger partial charge in [-0.15, -0.1) is 0 Å². The SMILES string of the molecule is CS(=O)(=O)N1CCC(CNC(=O)CNC(=O)CC23CC4CC(CC(C4)C2)C3)CC1. The molecule has 2 N–H and O–H groups in total. The molecule has 5 aliphatic rings. The molecule has 0 spiro atoms. The molecule has 0 unspecified atom stereocenters. The molecule has 7 nitrogen and oxygen atoms in total. The molecule has 8 heteroatoms. The van der Waals surface area contributed by atoms with Gasteiger partial charge in [0.15, 0.2) is 0 Å². The molecule has 0 radical (unpaired) electrons. The third-order valence-electron chi connectivity index (χ3n) is 7.78. The minimum absolute atomic E-state index is 0.0172. The van der Waals surface area contributed by atoms with Gasteiger partial charge in [0.25, 0.3) is 0 Å². The number of carbonyl (C=O) groups is 2. The van der Waals surface area contributed by atoms with E-state index >= 15 is 0 Å². The molecule has 29 heavy (non-hydrogen) atoms. The fraction of sp³-hybridized carbons (Fsp3) is 0.905. The predicted octanol–water partition coefficient (Wildman–Crippen LogP) is 1.50. The Bertz CT molecular complexity index is 708. The monoisotopic (exact) mass is 425 g/mol. The van der Waals surface area contributed by atoms with Crippen LogP contribution in [0, 0.1) is 29.1 Å². The van der Waals surface area contributed by atoms with Gasteiger partial charge in [-0.3, -0.25) is 9.59 Å². The number of nitrogens with zero attached hydrogens (tertiary/aromatic N) is 1. The fourth-order valence-electron chi connectivity index (χ4n) is 6.85. The Morgan fingerprint density at radius 3 is 2.00 bits per heavy atom. The minimum Gasteiger partial charge on any atom is -0.354 e. The lowest BCUT2D eigenvalue weighted by atomic mass is 9.49. The van der Waals surface area contributed by atoms with Crippen LogP contribution in [0.1, 0.15) is 57.8 Å². The van der Waals surface area contributed by atoms with Gasteiger partial charge in [-0.25, -0.2) is 12.7 Å². The maximum absolute atomic E-state index is 12.5. The smallest absolute Gasteiger partial charge is 0.239 e. The number of amides is 2. The highest BCUT2D eigenvalue weighted by Gasteiger charge is 2.51. The molecule has 164 valence electrons. The van der Waals surface area contributed by atoms with Crippen molar-refractivity contribution in [3.05, 3.63) is 0 Å². The van der Waals surface area contributed by atoms with Crippen molar-refractivity contribution in [3.63, 3.8) is 0 Å². The highest BCUT2D eigenvalue weighted by molar-refractivity contribution is 7.88. The summed E-state index contributed by atoms with van der Waals surface area (Å²) in [7, 11) is -3.12. The fourth-order valence-corrected chi connectivity index (χ4v) is 7.73. The first-order valence-corrected chi connectivity index (χ1v) is 13.0. The summed E-state index contributed by atoms with van der Waals surface area (Å²) in [5.41, 5.74) is 0.197. The van der Waals surface area contributed by atoms with Gasteiger partial charge in [-0.05, 0) is 80.5 Å². The maximum Gasteiger partial charge on any atom is 0.239 e. The van der Waals surface area contributed by atoms with Gasteiger partial charge in [0, 0.05) is 26.1 Å². The number of rotatable bonds is 7. The van der Waals surface area contributed by atoms with Crippen LogP contribution in [0.5, 0.6) is 0 Å². The standard InChI is InChI=1S/C21H35N3O4S/c1-29(27,28)24-4-2-15(3-5-24)13-22-20(26)14-23-19(25)12-21-9-16-6-17(10-21)8-18(7-16)11-21/h15-18H,2-14H2,1H3,(H,22,26)(H,23,25). The van der Waals surface area contributed by atoms with Crippen molar-refractivity contribution in [2.24, 2.45) is 29.1 Å². The molecule has 1 saturated heterocycles. The Morgan fingerprint density at radius 2 is 1.48 bits per heavy atom. The van der Waals surface area contributed by atoms with E-state index in [9.17, 15) is 18.0 Å². The molecular weight excluding hydrogens is 390 g/mol. The van der Waals surface area contributed by atoms with Gasteiger partial charge in [0.1, 0.15) is 0 Å². The van der Waals surface area contributed by atoms with E-state index < -0.39 is 10.0 Å². The van der Waals surface area contributed by atoms with Gasteiger partial charge in [0.05, 0.1) is 12.8 Å². The molecule has 5 rings (SSSR count). The van der Waals surface area contributed by atoms with E-state index in [1.807, 2.05) is 0 Å². The maximum atomic E-state index is 12.5. The highest BCUT2D eigenvalue weighted by Crippen LogP contribution is 2.61. The molecule has 4 aliphatic carbocycles. The van der Waals surface area contributed by atoms with Gasteiger partial charge in [-0.1, -0.05) is 0 Å². The summed E-state index contributed by atoms with van der Waals surface area (Å²) in [6.45, 7) is 1.61. The second-order valence-corrected chi connectivity index (χ2v) is 12.3. The van der Waals surface area contributed by atoms with Crippen LogP contribution in [0.25, 0.3) is 0 Å². The third kappa shape index (κ3) is 5.13. The molecule has 0 aromatic rings. The normalized spacial score (nSPS) is 34.9. The number of hydrogen-bond acceptors (Lipinski definition) is 4. The average molecular weight is 426 g/mol. The van der Waals surface area contributed by atoms with Gasteiger partial charge in [-0.2, -0.15) is 0 Å². The summed E-state index contributed by atoms with van der Waals surface area (Å²) >= 11 is 0. The van der Waals surface area contributed by atoms with Crippen molar-refractivity contribution >= 4 is 21.8 Å². The van der Waals surface area contributed by atoms with Crippen LogP contribution in [0.4, 0.5) is 0 Å². The third-order valence-corrected chi connectivity index (χ3v) is 9.08. The van der Waals surface area contributed by atoms with Crippen molar-refractivity contribution in [2.75, 3.05) is 32.4 Å². The molecule has 4 bridgehead atoms. The lowest BCUT2D eigenvalue weighted by Crippen LogP contribution is -2.48. The molecule has 0 atom stereocenters. The number of hydrogen-bond donors (Lipinski definition) is 2. The molecular formula is C21H35N3O4S. The Balaban J connectivity index is 1.15. The van der Waals surface area contributed by atoms with E-state index in [-0.39, 0.29) is 23.8 Å². The first-order valence-electron chi connectivity index (χ1n) is 11.2. The number of sulfonamides is 1. The summed E-state index contributed by atoms with van der Waals surface area (Å²) in [5, 5.41) is 5.73. The van der Waals surface area contributed by atoms with E-state index in [0.29, 0.717) is 32.0 Å². The number of carbonyl (C=O) groups excluding carboxylic acids is 2. The number of nitrogens with one attached hydrogen (secondary N) is 2. The van der Waals surface area contributed by atoms with Crippen molar-refractivity contribution in [3.8, 4) is 0 Å². The van der Waals surface area contributed by atoms with Gasteiger partial charge < -0.3 is 10.6 Å². The van der Waals surface area contributed by atoms with Gasteiger partial charge in [0.2, 0.25) is 21.8 Å². The van der Waals surface area contributed by atoms with E-state index in [0.717, 1.165) is 30.6 Å². The van der Waals surface area contributed by atoms with Crippen molar-refractivity contribution in [2.45, 2.75) is 57.8 Å². The lowest BCUT2D eigenvalue weighted by molar-refractivity contribution is -0.132. The first kappa shape index (κ1) is 21.1. The lowest BCUT2D eigenvalue weighted by Gasteiger charge is -2.56. The average Bonchev–Trinajstić information content (AvgIpc) is 2.63. The molecule has 5 fully saturated rings. The molecule has 1 heterocycles. The summed E-state index contributed by atoms with van der Waals surface area (Å²) < 4.78 is 24.6. The Hall–Kier alpha value is -1.15. The molecule has 0 aromatic carbocycles. The Morgan fingerprint density at radius 1 is 0.931 bits per heavy atom. The van der Waals surface area contributed by atoms with E-state index in [4.69, 9.17) is 0 Å². The van der Waals surface area contributed by atoms with Crippen LogP contribution in [0.3, 0.4) is 0 Å². The summed E-state index contributed by atoms with van der Waals surface area (Å²) in [6.07, 6.45) is 11.0. The largest absolute Gasteiger partial charge is 0.354 e. The van der Waals surface area contributed by atoms with E-state index in [1.165, 1.54) is 49.1 Å². The molecule has 1 aliphatic heterocycles. The van der Waals surface area contributed by atoms with Crippen molar-refractivity contribution in [1.82, 2.24) is 14.9 Å². The van der Waals surface area contributed by atoms with Crippen molar-refractivity contribution < 1.29 is 18.0 Å². The van der Waals surface area contributed by atoms with Crippen LogP contribution < -0.4 is 10.6 Å². The van der Waals surface area contributed by atoms with Gasteiger partial charge >= 0.3 is 0 Å². The zero-order valence-corrected chi connectivity index (χ0v) is 18.3. The quantitative estimate of drug-likeness (QED) is 0.646. The Labute approximate surface area is 174 Å². The Kier molecular flexibility index (Phi) is 5.95. The topological polar surface area (TPSA) is 95.6 Å². The van der Waals surface area contributed by atoms with E-state index in [1.54, 1.807) is 0 Å². The first-order chi connectivity index (χ1) is 13.7. The summed E-state index contributed by atoms with van der Waals surface area (Å²) in [6, 6.07) is 0. The zero-order chi connectivity index (χ0) is 20.6. The number of piperidine rings is 1. The zero-order valence-electron chi connectivity index (χ0n) is 17.5. The van der Waals surface area contributed by atoms with Crippen LogP contribution in [-0.2, 0) is 19.6 Å². The molecule has 2 amide bonds. The highest BCUT2D eigenvalue weighted by atomic mass is 32.2. The minimum atomic E-state index is -3.12. The summed E-state index contributed by atoms with van der Waals surface area (Å²) in [5.74, 6) is 2.63.